The smallest absolute Gasteiger partial charge is 0.255 e. The van der Waals surface area contributed by atoms with Crippen LogP contribution in [0.2, 0.25) is 0 Å². The van der Waals surface area contributed by atoms with Gasteiger partial charge in [-0.25, -0.2) is 8.42 Å². The van der Waals surface area contributed by atoms with Crippen LogP contribution in [0.1, 0.15) is 24.2 Å². The summed E-state index contributed by atoms with van der Waals surface area (Å²) in [6.07, 6.45) is 0. The Morgan fingerprint density at radius 2 is 1.74 bits per heavy atom. The third-order valence-corrected chi connectivity index (χ3v) is 6.67. The first-order valence-corrected chi connectivity index (χ1v) is 10.8. The Morgan fingerprint density at radius 1 is 1.07 bits per heavy atom. The zero-order valence-electron chi connectivity index (χ0n) is 15.9. The van der Waals surface area contributed by atoms with E-state index in [1.807, 2.05) is 25.1 Å². The van der Waals surface area contributed by atoms with Crippen LogP contribution < -0.4 is 10.2 Å². The first-order chi connectivity index (χ1) is 12.7. The van der Waals surface area contributed by atoms with Crippen LogP contribution in [0.15, 0.2) is 51.8 Å². The standard InChI is InChI=1S/C19H24BrN3O3S/c1-5-23(6-2)27(25,26)16-10-11-18(22(3)4)17(13-16)21-19(24)14-8-7-9-15(20)12-14/h7-13H,5-6H2,1-4H3,(H,21,24). The highest BCUT2D eigenvalue weighted by atomic mass is 79.9. The van der Waals surface area contributed by atoms with Gasteiger partial charge in [-0.05, 0) is 36.4 Å². The van der Waals surface area contributed by atoms with Gasteiger partial charge in [0, 0.05) is 37.2 Å². The quantitative estimate of drug-likeness (QED) is 0.691. The van der Waals surface area contributed by atoms with Crippen molar-refractivity contribution in [2.45, 2.75) is 18.7 Å². The second-order valence-corrected chi connectivity index (χ2v) is 8.98. The molecule has 0 saturated carbocycles. The second-order valence-electron chi connectivity index (χ2n) is 6.13. The van der Waals surface area contributed by atoms with Crippen molar-refractivity contribution in [1.82, 2.24) is 4.31 Å². The van der Waals surface area contributed by atoms with Crippen molar-refractivity contribution in [2.24, 2.45) is 0 Å². The molecule has 2 aromatic carbocycles. The van der Waals surface area contributed by atoms with E-state index >= 15 is 0 Å². The zero-order chi connectivity index (χ0) is 20.2. The second kappa shape index (κ2) is 8.86. The molecule has 0 aliphatic rings. The number of halogens is 1. The number of sulfonamides is 1. The molecular weight excluding hydrogens is 430 g/mol. The van der Waals surface area contributed by atoms with Crippen molar-refractivity contribution < 1.29 is 13.2 Å². The van der Waals surface area contributed by atoms with Gasteiger partial charge in [-0.2, -0.15) is 4.31 Å². The Kier molecular flexibility index (Phi) is 7.02. The fourth-order valence-electron chi connectivity index (χ4n) is 2.70. The van der Waals surface area contributed by atoms with Crippen molar-refractivity contribution >= 4 is 43.2 Å². The van der Waals surface area contributed by atoms with Gasteiger partial charge in [0.2, 0.25) is 10.0 Å². The van der Waals surface area contributed by atoms with Crippen LogP contribution in [0, 0.1) is 0 Å². The highest BCUT2D eigenvalue weighted by Gasteiger charge is 2.23. The molecule has 2 aromatic rings. The number of rotatable bonds is 7. The normalized spacial score (nSPS) is 11.5. The van der Waals surface area contributed by atoms with E-state index < -0.39 is 10.0 Å². The van der Waals surface area contributed by atoms with E-state index in [1.54, 1.807) is 44.2 Å². The number of amides is 1. The van der Waals surface area contributed by atoms with E-state index in [9.17, 15) is 13.2 Å². The maximum atomic E-state index is 12.8. The lowest BCUT2D eigenvalue weighted by molar-refractivity contribution is 0.102. The fraction of sp³-hybridized carbons (Fsp3) is 0.316. The van der Waals surface area contributed by atoms with E-state index in [2.05, 4.69) is 21.2 Å². The van der Waals surface area contributed by atoms with Gasteiger partial charge in [0.25, 0.3) is 5.91 Å². The number of hydrogen-bond donors (Lipinski definition) is 1. The van der Waals surface area contributed by atoms with Gasteiger partial charge in [0.1, 0.15) is 0 Å². The Labute approximate surface area is 169 Å². The number of hydrogen-bond acceptors (Lipinski definition) is 4. The molecule has 8 heteroatoms. The monoisotopic (exact) mass is 453 g/mol. The van der Waals surface area contributed by atoms with Gasteiger partial charge in [0.15, 0.2) is 0 Å². The third kappa shape index (κ3) is 4.88. The van der Waals surface area contributed by atoms with E-state index in [4.69, 9.17) is 0 Å². The van der Waals surface area contributed by atoms with Crippen molar-refractivity contribution in [3.63, 3.8) is 0 Å². The molecule has 0 heterocycles. The first kappa shape index (κ1) is 21.4. The molecule has 0 radical (unpaired) electrons. The minimum atomic E-state index is -3.62. The molecule has 1 N–H and O–H groups in total. The molecule has 6 nitrogen and oxygen atoms in total. The molecule has 146 valence electrons. The van der Waals surface area contributed by atoms with Crippen LogP contribution in [0.25, 0.3) is 0 Å². The Morgan fingerprint density at radius 3 is 2.30 bits per heavy atom. The van der Waals surface area contributed by atoms with Crippen molar-refractivity contribution in [3.8, 4) is 0 Å². The maximum absolute atomic E-state index is 12.8. The van der Waals surface area contributed by atoms with Crippen LogP contribution >= 0.6 is 15.9 Å². The predicted molar refractivity (Wildman–Crippen MR) is 113 cm³/mol. The van der Waals surface area contributed by atoms with E-state index in [-0.39, 0.29) is 10.8 Å². The topological polar surface area (TPSA) is 69.7 Å². The van der Waals surface area contributed by atoms with Crippen molar-refractivity contribution in [1.29, 1.82) is 0 Å². The Bertz CT molecular complexity index is 926. The predicted octanol–water partition coefficient (Wildman–Crippen LogP) is 3.80. The number of nitrogens with zero attached hydrogens (tertiary/aromatic N) is 2. The summed E-state index contributed by atoms with van der Waals surface area (Å²) in [6, 6.07) is 11.8. The minimum absolute atomic E-state index is 0.154. The highest BCUT2D eigenvalue weighted by molar-refractivity contribution is 9.10. The number of carbonyl (C=O) groups excluding carboxylic acids is 1. The molecule has 0 aliphatic carbocycles. The molecule has 0 bridgehead atoms. The van der Waals surface area contributed by atoms with Crippen LogP contribution in [-0.2, 0) is 10.0 Å². The molecule has 1 amide bonds. The van der Waals surface area contributed by atoms with E-state index in [0.29, 0.717) is 24.3 Å². The Balaban J connectivity index is 2.46. The summed E-state index contributed by atoms with van der Waals surface area (Å²) in [4.78, 5) is 14.6. The molecule has 0 aromatic heterocycles. The van der Waals surface area contributed by atoms with Crippen molar-refractivity contribution in [3.05, 3.63) is 52.5 Å². The summed E-state index contributed by atoms with van der Waals surface area (Å²) in [5, 5.41) is 2.84. The highest BCUT2D eigenvalue weighted by Crippen LogP contribution is 2.29. The summed E-state index contributed by atoms with van der Waals surface area (Å²) in [7, 11) is 0.0547. The van der Waals surface area contributed by atoms with Crippen LogP contribution in [0.4, 0.5) is 11.4 Å². The zero-order valence-corrected chi connectivity index (χ0v) is 18.3. The molecule has 0 unspecified atom stereocenters. The van der Waals surface area contributed by atoms with Crippen LogP contribution in [-0.4, -0.2) is 45.8 Å². The summed E-state index contributed by atoms with van der Waals surface area (Å²) >= 11 is 3.35. The van der Waals surface area contributed by atoms with Gasteiger partial charge in [-0.1, -0.05) is 35.8 Å². The number of carbonyl (C=O) groups is 1. The average molecular weight is 454 g/mol. The average Bonchev–Trinajstić information content (AvgIpc) is 2.62. The van der Waals surface area contributed by atoms with Gasteiger partial charge in [-0.15, -0.1) is 0 Å². The lowest BCUT2D eigenvalue weighted by Crippen LogP contribution is -2.30. The van der Waals surface area contributed by atoms with Crippen LogP contribution in [0.5, 0.6) is 0 Å². The molecule has 0 aliphatic heterocycles. The fourth-order valence-corrected chi connectivity index (χ4v) is 4.59. The third-order valence-electron chi connectivity index (χ3n) is 4.13. The molecule has 0 spiro atoms. The minimum Gasteiger partial charge on any atom is -0.376 e. The van der Waals surface area contributed by atoms with E-state index in [0.717, 1.165) is 10.2 Å². The summed E-state index contributed by atoms with van der Waals surface area (Å²) in [5.74, 6) is -0.309. The molecular formula is C19H24BrN3O3S. The van der Waals surface area contributed by atoms with E-state index in [1.165, 1.54) is 10.4 Å². The summed E-state index contributed by atoms with van der Waals surface area (Å²) < 4.78 is 27.8. The first-order valence-electron chi connectivity index (χ1n) is 8.59. The van der Waals surface area contributed by atoms with Gasteiger partial charge in [0.05, 0.1) is 16.3 Å². The summed E-state index contributed by atoms with van der Waals surface area (Å²) in [6.45, 7) is 4.36. The molecule has 2 rings (SSSR count). The Hall–Kier alpha value is -1.90. The van der Waals surface area contributed by atoms with Crippen LogP contribution in [0.3, 0.4) is 0 Å². The lowest BCUT2D eigenvalue weighted by atomic mass is 10.2. The van der Waals surface area contributed by atoms with Gasteiger partial charge in [-0.3, -0.25) is 4.79 Å². The van der Waals surface area contributed by atoms with Crippen molar-refractivity contribution in [2.75, 3.05) is 37.4 Å². The number of anilines is 2. The van der Waals surface area contributed by atoms with Gasteiger partial charge < -0.3 is 10.2 Å². The molecule has 0 fully saturated rings. The van der Waals surface area contributed by atoms with Gasteiger partial charge >= 0.3 is 0 Å². The molecule has 0 saturated heterocycles. The molecule has 0 atom stereocenters. The number of nitrogens with one attached hydrogen (secondary N) is 1. The summed E-state index contributed by atoms with van der Waals surface area (Å²) in [5.41, 5.74) is 1.64. The molecule has 27 heavy (non-hydrogen) atoms. The SMILES string of the molecule is CCN(CC)S(=O)(=O)c1ccc(N(C)C)c(NC(=O)c2cccc(Br)c2)c1. The number of benzene rings is 2. The lowest BCUT2D eigenvalue weighted by Gasteiger charge is -2.22. The largest absolute Gasteiger partial charge is 0.376 e. The maximum Gasteiger partial charge on any atom is 0.255 e.